The summed E-state index contributed by atoms with van der Waals surface area (Å²) >= 11 is 6.25. The summed E-state index contributed by atoms with van der Waals surface area (Å²) in [6, 6.07) is 12.8. The van der Waals surface area contributed by atoms with Gasteiger partial charge in [0.15, 0.2) is 0 Å². The number of hydrogen-bond donors (Lipinski definition) is 1. The van der Waals surface area contributed by atoms with E-state index in [1.807, 2.05) is 30.3 Å². The molecule has 25 heavy (non-hydrogen) atoms. The van der Waals surface area contributed by atoms with Crippen molar-refractivity contribution in [1.29, 1.82) is 0 Å². The van der Waals surface area contributed by atoms with Gasteiger partial charge >= 0.3 is 0 Å². The lowest BCUT2D eigenvalue weighted by molar-refractivity contribution is 0.597. The molecule has 3 aromatic rings. The van der Waals surface area contributed by atoms with E-state index in [0.717, 1.165) is 40.7 Å². The second-order valence-corrected chi connectivity index (χ2v) is 8.14. The normalized spacial score (nSPS) is 14.1. The summed E-state index contributed by atoms with van der Waals surface area (Å²) in [6.45, 7) is 1.47. The molecule has 0 fully saturated rings. The molecule has 1 aliphatic heterocycles. The maximum absolute atomic E-state index is 11.5. The number of anilines is 1. The molecule has 0 saturated heterocycles. The molecule has 1 aliphatic rings. The Morgan fingerprint density at radius 2 is 2.04 bits per heavy atom. The Labute approximate surface area is 151 Å². The Bertz CT molecular complexity index is 1080. The Kier molecular flexibility index (Phi) is 3.91. The van der Waals surface area contributed by atoms with Crippen LogP contribution in [0.2, 0.25) is 5.02 Å². The molecular weight excluding hydrogens is 358 g/mol. The minimum Gasteiger partial charge on any atom is -0.367 e. The largest absolute Gasteiger partial charge is 0.367 e. The minimum atomic E-state index is -3.68. The number of aromatic nitrogens is 1. The van der Waals surface area contributed by atoms with Crippen LogP contribution in [-0.2, 0) is 23.0 Å². The maximum atomic E-state index is 11.5. The van der Waals surface area contributed by atoms with E-state index in [1.165, 1.54) is 0 Å². The molecule has 5 nitrogen and oxygen atoms in total. The van der Waals surface area contributed by atoms with E-state index >= 15 is 0 Å². The molecule has 0 unspecified atom stereocenters. The van der Waals surface area contributed by atoms with E-state index in [4.69, 9.17) is 16.7 Å². The van der Waals surface area contributed by atoms with Crippen molar-refractivity contribution < 1.29 is 8.42 Å². The maximum Gasteiger partial charge on any atom is 0.238 e. The van der Waals surface area contributed by atoms with E-state index in [2.05, 4.69) is 9.88 Å². The first kappa shape index (κ1) is 16.3. The SMILES string of the molecule is NS(=O)(=O)c1ccc2c(c1)CCN2Cc1cc(Cl)cc2cccnc12. The second kappa shape index (κ2) is 5.98. The number of sulfonamides is 1. The smallest absolute Gasteiger partial charge is 0.238 e. The third-order valence-electron chi connectivity index (χ3n) is 4.48. The lowest BCUT2D eigenvalue weighted by atomic mass is 10.1. The molecule has 2 heterocycles. The van der Waals surface area contributed by atoms with Gasteiger partial charge in [-0.2, -0.15) is 0 Å². The minimum absolute atomic E-state index is 0.156. The van der Waals surface area contributed by atoms with Crippen LogP contribution in [-0.4, -0.2) is 19.9 Å². The van der Waals surface area contributed by atoms with Crippen molar-refractivity contribution in [2.45, 2.75) is 17.9 Å². The summed E-state index contributed by atoms with van der Waals surface area (Å²) in [6.07, 6.45) is 2.56. The van der Waals surface area contributed by atoms with Crippen LogP contribution in [0.3, 0.4) is 0 Å². The molecular formula is C18H16ClN3O2S. The van der Waals surface area contributed by atoms with Gasteiger partial charge in [-0.25, -0.2) is 13.6 Å². The topological polar surface area (TPSA) is 76.3 Å². The summed E-state index contributed by atoms with van der Waals surface area (Å²) in [4.78, 5) is 6.85. The third-order valence-corrected chi connectivity index (χ3v) is 5.61. The lowest BCUT2D eigenvalue weighted by Crippen LogP contribution is -2.20. The molecule has 0 saturated carbocycles. The van der Waals surface area contributed by atoms with Gasteiger partial charge in [0.05, 0.1) is 10.4 Å². The molecule has 128 valence electrons. The fourth-order valence-electron chi connectivity index (χ4n) is 3.34. The molecule has 4 rings (SSSR count). The summed E-state index contributed by atoms with van der Waals surface area (Å²) in [7, 11) is -3.68. The Balaban J connectivity index is 1.71. The highest BCUT2D eigenvalue weighted by Crippen LogP contribution is 2.32. The molecule has 2 aromatic carbocycles. The number of primary sulfonamides is 1. The molecule has 0 spiro atoms. The van der Waals surface area contributed by atoms with Gasteiger partial charge in [-0.1, -0.05) is 17.7 Å². The summed E-state index contributed by atoms with van der Waals surface area (Å²) in [5.41, 5.74) is 4.00. The third kappa shape index (κ3) is 3.08. The molecule has 0 radical (unpaired) electrons. The fraction of sp³-hybridized carbons (Fsp3) is 0.167. The van der Waals surface area contributed by atoms with Crippen molar-refractivity contribution in [3.8, 4) is 0 Å². The van der Waals surface area contributed by atoms with Gasteiger partial charge in [-0.15, -0.1) is 0 Å². The van der Waals surface area contributed by atoms with Gasteiger partial charge in [-0.3, -0.25) is 4.98 Å². The first-order chi connectivity index (χ1) is 11.9. The van der Waals surface area contributed by atoms with Crippen LogP contribution in [0.5, 0.6) is 0 Å². The van der Waals surface area contributed by atoms with Crippen molar-refractivity contribution in [1.82, 2.24) is 4.98 Å². The molecule has 7 heteroatoms. The predicted octanol–water partition coefficient (Wildman–Crippen LogP) is 3.10. The van der Waals surface area contributed by atoms with Gasteiger partial charge in [0.25, 0.3) is 0 Å². The summed E-state index contributed by atoms with van der Waals surface area (Å²) in [5, 5.41) is 6.91. The van der Waals surface area contributed by atoms with Crippen molar-refractivity contribution in [2.75, 3.05) is 11.4 Å². The van der Waals surface area contributed by atoms with Gasteiger partial charge in [0.1, 0.15) is 0 Å². The van der Waals surface area contributed by atoms with E-state index in [0.29, 0.717) is 11.6 Å². The first-order valence-corrected chi connectivity index (χ1v) is 9.78. The van der Waals surface area contributed by atoms with E-state index in [1.54, 1.807) is 18.3 Å². The zero-order chi connectivity index (χ0) is 17.6. The fourth-order valence-corrected chi connectivity index (χ4v) is 4.15. The molecule has 0 amide bonds. The summed E-state index contributed by atoms with van der Waals surface area (Å²) in [5.74, 6) is 0. The van der Waals surface area contributed by atoms with Gasteiger partial charge in [-0.05, 0) is 53.9 Å². The quantitative estimate of drug-likeness (QED) is 0.765. The van der Waals surface area contributed by atoms with Gasteiger partial charge in [0.2, 0.25) is 10.0 Å². The van der Waals surface area contributed by atoms with E-state index in [-0.39, 0.29) is 4.90 Å². The van der Waals surface area contributed by atoms with Crippen LogP contribution in [0.25, 0.3) is 10.9 Å². The monoisotopic (exact) mass is 373 g/mol. The summed E-state index contributed by atoms with van der Waals surface area (Å²) < 4.78 is 23.1. The Morgan fingerprint density at radius 3 is 2.84 bits per heavy atom. The van der Waals surface area contributed by atoms with Crippen molar-refractivity contribution in [3.63, 3.8) is 0 Å². The zero-order valence-electron chi connectivity index (χ0n) is 13.3. The number of rotatable bonds is 3. The standard InChI is InChI=1S/C18H16ClN3O2S/c19-15-8-13-2-1-6-21-18(13)14(9-15)11-22-7-5-12-10-16(25(20,23)24)3-4-17(12)22/h1-4,6,8-10H,5,7,11H2,(H2,20,23,24). The molecule has 0 atom stereocenters. The molecule has 1 aromatic heterocycles. The Morgan fingerprint density at radius 1 is 1.20 bits per heavy atom. The van der Waals surface area contributed by atoms with Crippen LogP contribution in [0.15, 0.2) is 53.6 Å². The lowest BCUT2D eigenvalue weighted by Gasteiger charge is -2.20. The number of nitrogens with zero attached hydrogens (tertiary/aromatic N) is 2. The molecule has 0 aliphatic carbocycles. The van der Waals surface area contributed by atoms with E-state index < -0.39 is 10.0 Å². The number of benzene rings is 2. The molecule has 2 N–H and O–H groups in total. The van der Waals surface area contributed by atoms with E-state index in [9.17, 15) is 8.42 Å². The number of nitrogens with two attached hydrogens (primary N) is 1. The highest BCUT2D eigenvalue weighted by atomic mass is 35.5. The highest BCUT2D eigenvalue weighted by Gasteiger charge is 2.22. The average Bonchev–Trinajstić information content (AvgIpc) is 2.96. The van der Waals surface area contributed by atoms with Crippen LogP contribution in [0.1, 0.15) is 11.1 Å². The van der Waals surface area contributed by atoms with Gasteiger partial charge in [0, 0.05) is 35.4 Å². The van der Waals surface area contributed by atoms with Crippen LogP contribution in [0, 0.1) is 0 Å². The Hall–Kier alpha value is -2.15. The second-order valence-electron chi connectivity index (χ2n) is 6.15. The van der Waals surface area contributed by atoms with Gasteiger partial charge < -0.3 is 4.90 Å². The van der Waals surface area contributed by atoms with Crippen LogP contribution >= 0.6 is 11.6 Å². The van der Waals surface area contributed by atoms with Crippen molar-refractivity contribution in [2.24, 2.45) is 5.14 Å². The number of fused-ring (bicyclic) bond motifs is 2. The first-order valence-electron chi connectivity index (χ1n) is 7.86. The van der Waals surface area contributed by atoms with Crippen LogP contribution in [0.4, 0.5) is 5.69 Å². The number of pyridine rings is 1. The number of hydrogen-bond acceptors (Lipinski definition) is 4. The predicted molar refractivity (Wildman–Crippen MR) is 99.3 cm³/mol. The average molecular weight is 374 g/mol. The van der Waals surface area contributed by atoms with Crippen molar-refractivity contribution in [3.05, 3.63) is 64.8 Å². The van der Waals surface area contributed by atoms with Crippen molar-refractivity contribution >= 4 is 38.2 Å². The highest BCUT2D eigenvalue weighted by molar-refractivity contribution is 7.89. The molecule has 0 bridgehead atoms. The van der Waals surface area contributed by atoms with Crippen LogP contribution < -0.4 is 10.0 Å². The number of halogens is 1. The zero-order valence-corrected chi connectivity index (χ0v) is 14.9.